The van der Waals surface area contributed by atoms with Crippen LogP contribution in [0.2, 0.25) is 0 Å². The number of carbonyl (C=O) groups is 1. The summed E-state index contributed by atoms with van der Waals surface area (Å²) < 4.78 is 18.0. The number of nitrogens with zero attached hydrogens (tertiary/aromatic N) is 1. The lowest BCUT2D eigenvalue weighted by molar-refractivity contribution is -0.387. The first-order valence-electron chi connectivity index (χ1n) is 5.53. The second-order valence-corrected chi connectivity index (χ2v) is 4.24. The van der Waals surface area contributed by atoms with Crippen molar-refractivity contribution in [1.82, 2.24) is 0 Å². The fourth-order valence-electron chi connectivity index (χ4n) is 1.25. The number of carbonyl (C=O) groups excluding carboxylic acids is 1. The highest BCUT2D eigenvalue weighted by Crippen LogP contribution is 2.19. The summed E-state index contributed by atoms with van der Waals surface area (Å²) in [5.41, 5.74) is -0.750. The van der Waals surface area contributed by atoms with Gasteiger partial charge in [0.25, 0.3) is 0 Å². The van der Waals surface area contributed by atoms with Crippen molar-refractivity contribution in [3.05, 3.63) is 39.7 Å². The molecule has 0 fully saturated rings. The maximum atomic E-state index is 13.0. The number of hydrogen-bond acceptors (Lipinski definition) is 4. The Morgan fingerprint density at radius 3 is 2.72 bits per heavy atom. The van der Waals surface area contributed by atoms with E-state index in [0.29, 0.717) is 12.3 Å². The molecule has 0 aliphatic rings. The molecular formula is C12H14FNO4. The Labute approximate surface area is 104 Å². The van der Waals surface area contributed by atoms with Gasteiger partial charge in [0.2, 0.25) is 5.82 Å². The molecule has 5 nitrogen and oxygen atoms in total. The van der Waals surface area contributed by atoms with Crippen LogP contribution in [0.1, 0.15) is 30.6 Å². The number of rotatable bonds is 5. The summed E-state index contributed by atoms with van der Waals surface area (Å²) in [5.74, 6) is -1.27. The van der Waals surface area contributed by atoms with Crippen LogP contribution in [-0.2, 0) is 4.74 Å². The maximum Gasteiger partial charge on any atom is 0.338 e. The van der Waals surface area contributed by atoms with Gasteiger partial charge in [-0.2, -0.15) is 4.39 Å². The van der Waals surface area contributed by atoms with Crippen LogP contribution in [0, 0.1) is 21.8 Å². The van der Waals surface area contributed by atoms with Gasteiger partial charge in [-0.05, 0) is 24.5 Å². The summed E-state index contributed by atoms with van der Waals surface area (Å²) in [5, 5.41) is 10.5. The number of esters is 1. The number of halogens is 1. The molecule has 0 atom stereocenters. The lowest BCUT2D eigenvalue weighted by Gasteiger charge is -2.06. The molecule has 1 rings (SSSR count). The highest BCUT2D eigenvalue weighted by molar-refractivity contribution is 5.90. The van der Waals surface area contributed by atoms with Gasteiger partial charge in [0, 0.05) is 6.07 Å². The zero-order valence-corrected chi connectivity index (χ0v) is 10.2. The number of benzene rings is 1. The van der Waals surface area contributed by atoms with Crippen molar-refractivity contribution in [2.75, 3.05) is 6.61 Å². The molecule has 0 aliphatic heterocycles. The Morgan fingerprint density at radius 1 is 1.50 bits per heavy atom. The third-order valence-corrected chi connectivity index (χ3v) is 2.31. The molecule has 0 heterocycles. The highest BCUT2D eigenvalue weighted by Gasteiger charge is 2.18. The van der Waals surface area contributed by atoms with E-state index in [1.165, 1.54) is 6.07 Å². The van der Waals surface area contributed by atoms with Gasteiger partial charge >= 0.3 is 11.7 Å². The van der Waals surface area contributed by atoms with Crippen molar-refractivity contribution in [1.29, 1.82) is 0 Å². The first-order chi connectivity index (χ1) is 8.41. The van der Waals surface area contributed by atoms with Crippen molar-refractivity contribution in [2.45, 2.75) is 20.3 Å². The first kappa shape index (κ1) is 14.1. The van der Waals surface area contributed by atoms with Crippen molar-refractivity contribution in [3.8, 4) is 0 Å². The van der Waals surface area contributed by atoms with Gasteiger partial charge in [0.1, 0.15) is 0 Å². The van der Waals surface area contributed by atoms with E-state index in [1.807, 2.05) is 13.8 Å². The van der Waals surface area contributed by atoms with Gasteiger partial charge in [-0.15, -0.1) is 0 Å². The second-order valence-electron chi connectivity index (χ2n) is 4.24. The minimum absolute atomic E-state index is 0.0214. The molecular weight excluding hydrogens is 241 g/mol. The molecule has 1 aromatic carbocycles. The summed E-state index contributed by atoms with van der Waals surface area (Å²) >= 11 is 0. The van der Waals surface area contributed by atoms with Crippen LogP contribution in [0.4, 0.5) is 10.1 Å². The lowest BCUT2D eigenvalue weighted by atomic mass is 10.1. The Balaban J connectivity index is 2.74. The van der Waals surface area contributed by atoms with E-state index in [1.54, 1.807) is 0 Å². The van der Waals surface area contributed by atoms with Gasteiger partial charge in [0.15, 0.2) is 0 Å². The minimum Gasteiger partial charge on any atom is -0.462 e. The van der Waals surface area contributed by atoms with E-state index in [9.17, 15) is 19.3 Å². The average Bonchev–Trinajstić information content (AvgIpc) is 2.28. The SMILES string of the molecule is CC(C)CCOC(=O)c1ccc(F)c([N+](=O)[O-])c1. The Hall–Kier alpha value is -1.98. The fraction of sp³-hybridized carbons (Fsp3) is 0.417. The second kappa shape index (κ2) is 6.09. The molecule has 0 aromatic heterocycles. The van der Waals surface area contributed by atoms with E-state index in [2.05, 4.69) is 0 Å². The summed E-state index contributed by atoms with van der Waals surface area (Å²) in [6.07, 6.45) is 0.703. The van der Waals surface area contributed by atoms with Crippen LogP contribution in [0.5, 0.6) is 0 Å². The van der Waals surface area contributed by atoms with Crippen LogP contribution >= 0.6 is 0 Å². The van der Waals surface area contributed by atoms with Crippen molar-refractivity contribution >= 4 is 11.7 Å². The molecule has 0 saturated carbocycles. The third kappa shape index (κ3) is 3.80. The zero-order valence-electron chi connectivity index (χ0n) is 10.2. The summed E-state index contributed by atoms with van der Waals surface area (Å²) in [7, 11) is 0. The Morgan fingerprint density at radius 2 is 2.17 bits per heavy atom. The molecule has 0 amide bonds. The smallest absolute Gasteiger partial charge is 0.338 e. The van der Waals surface area contributed by atoms with Gasteiger partial charge < -0.3 is 4.74 Å². The minimum atomic E-state index is -0.973. The third-order valence-electron chi connectivity index (χ3n) is 2.31. The highest BCUT2D eigenvalue weighted by atomic mass is 19.1. The molecule has 18 heavy (non-hydrogen) atoms. The molecule has 0 bridgehead atoms. The standard InChI is InChI=1S/C12H14FNO4/c1-8(2)5-6-18-12(15)9-3-4-10(13)11(7-9)14(16)17/h3-4,7-8H,5-6H2,1-2H3. The van der Waals surface area contributed by atoms with Crippen LogP contribution in [0.15, 0.2) is 18.2 Å². The molecule has 0 spiro atoms. The summed E-state index contributed by atoms with van der Waals surface area (Å²) in [6, 6.07) is 2.93. The van der Waals surface area contributed by atoms with E-state index in [0.717, 1.165) is 12.1 Å². The van der Waals surface area contributed by atoms with Crippen LogP contribution in [-0.4, -0.2) is 17.5 Å². The number of nitro groups is 1. The van der Waals surface area contributed by atoms with Crippen LogP contribution in [0.3, 0.4) is 0 Å². The number of hydrogen-bond donors (Lipinski definition) is 0. The molecule has 6 heteroatoms. The molecule has 0 saturated heterocycles. The Bertz CT molecular complexity index is 459. The maximum absolute atomic E-state index is 13.0. The predicted octanol–water partition coefficient (Wildman–Crippen LogP) is 2.94. The lowest BCUT2D eigenvalue weighted by Crippen LogP contribution is -2.08. The topological polar surface area (TPSA) is 69.4 Å². The van der Waals surface area contributed by atoms with Gasteiger partial charge in [-0.1, -0.05) is 13.8 Å². The monoisotopic (exact) mass is 255 g/mol. The zero-order chi connectivity index (χ0) is 13.7. The molecule has 0 radical (unpaired) electrons. The van der Waals surface area contributed by atoms with Gasteiger partial charge in [-0.25, -0.2) is 4.79 Å². The van der Waals surface area contributed by atoms with Crippen molar-refractivity contribution in [2.24, 2.45) is 5.92 Å². The molecule has 0 N–H and O–H groups in total. The number of ether oxygens (including phenoxy) is 1. The largest absolute Gasteiger partial charge is 0.462 e. The first-order valence-corrected chi connectivity index (χ1v) is 5.53. The van der Waals surface area contributed by atoms with E-state index in [4.69, 9.17) is 4.74 Å². The normalized spacial score (nSPS) is 10.4. The van der Waals surface area contributed by atoms with Crippen LogP contribution in [0.25, 0.3) is 0 Å². The molecule has 98 valence electrons. The Kier molecular flexibility index (Phi) is 4.76. The average molecular weight is 255 g/mol. The van der Waals surface area contributed by atoms with E-state index < -0.39 is 22.4 Å². The molecule has 0 aliphatic carbocycles. The quantitative estimate of drug-likeness (QED) is 0.460. The predicted molar refractivity (Wildman–Crippen MR) is 62.8 cm³/mol. The van der Waals surface area contributed by atoms with Gasteiger partial charge in [0.05, 0.1) is 17.1 Å². The van der Waals surface area contributed by atoms with Crippen molar-refractivity contribution in [3.63, 3.8) is 0 Å². The van der Waals surface area contributed by atoms with Gasteiger partial charge in [-0.3, -0.25) is 10.1 Å². The van der Waals surface area contributed by atoms with Crippen LogP contribution < -0.4 is 0 Å². The molecule has 1 aromatic rings. The molecule has 0 unspecified atom stereocenters. The van der Waals surface area contributed by atoms with E-state index in [-0.39, 0.29) is 12.2 Å². The van der Waals surface area contributed by atoms with Crippen molar-refractivity contribution < 1.29 is 18.8 Å². The summed E-state index contributed by atoms with van der Waals surface area (Å²) in [6.45, 7) is 4.20. The number of nitro benzene ring substituents is 1. The van der Waals surface area contributed by atoms with E-state index >= 15 is 0 Å². The fourth-order valence-corrected chi connectivity index (χ4v) is 1.25. The summed E-state index contributed by atoms with van der Waals surface area (Å²) in [4.78, 5) is 21.2.